The van der Waals surface area contributed by atoms with Gasteiger partial charge in [0.05, 0.1) is 10.9 Å². The molecule has 0 aromatic heterocycles. The fourth-order valence-electron chi connectivity index (χ4n) is 2.91. The van der Waals surface area contributed by atoms with Crippen molar-refractivity contribution in [3.8, 4) is 0 Å². The van der Waals surface area contributed by atoms with Crippen LogP contribution in [-0.2, 0) is 10.9 Å². The summed E-state index contributed by atoms with van der Waals surface area (Å²) in [6, 6.07) is 39.3. The van der Waals surface area contributed by atoms with Gasteiger partial charge in [0.1, 0.15) is 0 Å². The monoisotopic (exact) mass is 385 g/mol. The highest BCUT2D eigenvalue weighted by Crippen LogP contribution is 2.34. The average Bonchev–Trinajstić information content (AvgIpc) is 2.73. The van der Waals surface area contributed by atoms with Gasteiger partial charge in [-0.05, 0) is 67.6 Å². The lowest BCUT2D eigenvalue weighted by molar-refractivity contribution is 1.27. The molecule has 0 amide bonds. The summed E-state index contributed by atoms with van der Waals surface area (Å²) >= 11 is 1.80. The highest BCUT2D eigenvalue weighted by Gasteiger charge is 2.28. The molecule has 0 aliphatic rings. The standard InChI is InChI=1S/C25H21S2/c1-20-12-16-24(17-13-20)27(23-10-6-3-7-11-23)25-18-14-22(15-19-25)26-21-8-4-2-5-9-21/h2-19H,1H3/q+1. The second-order valence-electron chi connectivity index (χ2n) is 6.32. The summed E-state index contributed by atoms with van der Waals surface area (Å²) in [4.78, 5) is 6.60. The maximum Gasteiger partial charge on any atom is 0.166 e. The average molecular weight is 386 g/mol. The fraction of sp³-hybridized carbons (Fsp3) is 0.0400. The molecule has 0 bridgehead atoms. The van der Waals surface area contributed by atoms with Gasteiger partial charge in [-0.1, -0.05) is 65.9 Å². The van der Waals surface area contributed by atoms with Crippen molar-refractivity contribution in [3.63, 3.8) is 0 Å². The maximum atomic E-state index is 2.28. The van der Waals surface area contributed by atoms with Crippen molar-refractivity contribution in [1.82, 2.24) is 0 Å². The van der Waals surface area contributed by atoms with Crippen molar-refractivity contribution in [2.75, 3.05) is 0 Å². The van der Waals surface area contributed by atoms with Gasteiger partial charge in [0, 0.05) is 9.79 Å². The van der Waals surface area contributed by atoms with Gasteiger partial charge in [-0.25, -0.2) is 0 Å². The summed E-state index contributed by atoms with van der Waals surface area (Å²) in [7, 11) is -0.0869. The highest BCUT2D eigenvalue weighted by molar-refractivity contribution is 7.99. The first-order chi connectivity index (χ1) is 13.3. The normalized spacial score (nSPS) is 11.9. The molecule has 4 rings (SSSR count). The van der Waals surface area contributed by atoms with Crippen molar-refractivity contribution in [2.45, 2.75) is 31.4 Å². The van der Waals surface area contributed by atoms with E-state index in [2.05, 4.69) is 116 Å². The van der Waals surface area contributed by atoms with Crippen LogP contribution >= 0.6 is 11.8 Å². The number of hydrogen-bond donors (Lipinski definition) is 0. The zero-order valence-electron chi connectivity index (χ0n) is 15.2. The molecule has 0 heterocycles. The number of hydrogen-bond acceptors (Lipinski definition) is 1. The summed E-state index contributed by atoms with van der Waals surface area (Å²) in [5.41, 5.74) is 1.30. The summed E-state index contributed by atoms with van der Waals surface area (Å²) in [5, 5.41) is 0. The van der Waals surface area contributed by atoms with E-state index in [1.807, 2.05) is 0 Å². The molecule has 132 valence electrons. The largest absolute Gasteiger partial charge is 0.166 e. The van der Waals surface area contributed by atoms with Crippen LogP contribution in [0.3, 0.4) is 0 Å². The van der Waals surface area contributed by atoms with E-state index < -0.39 is 0 Å². The summed E-state index contributed by atoms with van der Waals surface area (Å²) in [6.45, 7) is 2.14. The Kier molecular flexibility index (Phi) is 5.66. The fourth-order valence-corrected chi connectivity index (χ4v) is 5.81. The third-order valence-electron chi connectivity index (χ3n) is 4.27. The predicted molar refractivity (Wildman–Crippen MR) is 117 cm³/mol. The second-order valence-corrected chi connectivity index (χ2v) is 9.49. The van der Waals surface area contributed by atoms with Crippen LogP contribution in [0.15, 0.2) is 134 Å². The highest BCUT2D eigenvalue weighted by atomic mass is 32.2. The molecular weight excluding hydrogens is 364 g/mol. The quantitative estimate of drug-likeness (QED) is 0.326. The molecule has 4 aromatic rings. The number of rotatable bonds is 5. The lowest BCUT2D eigenvalue weighted by atomic mass is 10.2. The maximum absolute atomic E-state index is 2.28. The zero-order chi connectivity index (χ0) is 18.5. The Morgan fingerprint density at radius 2 is 0.926 bits per heavy atom. The Morgan fingerprint density at radius 1 is 0.481 bits per heavy atom. The van der Waals surface area contributed by atoms with Gasteiger partial charge in [0.15, 0.2) is 14.7 Å². The van der Waals surface area contributed by atoms with Crippen molar-refractivity contribution in [2.24, 2.45) is 0 Å². The van der Waals surface area contributed by atoms with E-state index in [1.165, 1.54) is 30.0 Å². The number of aryl methyl sites for hydroxylation is 1. The van der Waals surface area contributed by atoms with Crippen molar-refractivity contribution >= 4 is 22.7 Å². The minimum absolute atomic E-state index is 0.0869. The van der Waals surface area contributed by atoms with Gasteiger partial charge >= 0.3 is 0 Å². The molecule has 2 heteroatoms. The van der Waals surface area contributed by atoms with E-state index in [0.29, 0.717) is 0 Å². The Morgan fingerprint density at radius 3 is 1.52 bits per heavy atom. The second kappa shape index (κ2) is 8.51. The van der Waals surface area contributed by atoms with Crippen molar-refractivity contribution < 1.29 is 0 Å². The van der Waals surface area contributed by atoms with Crippen LogP contribution in [0.5, 0.6) is 0 Å². The van der Waals surface area contributed by atoms with E-state index in [9.17, 15) is 0 Å². The predicted octanol–water partition coefficient (Wildman–Crippen LogP) is 7.24. The summed E-state index contributed by atoms with van der Waals surface area (Å²) in [6.07, 6.45) is 0. The molecule has 0 radical (unpaired) electrons. The van der Waals surface area contributed by atoms with Crippen LogP contribution in [0.2, 0.25) is 0 Å². The lowest BCUT2D eigenvalue weighted by Gasteiger charge is -2.09. The SMILES string of the molecule is Cc1ccc([S+](c2ccccc2)c2ccc(Sc3ccccc3)cc2)cc1. The van der Waals surface area contributed by atoms with Gasteiger partial charge in [0.25, 0.3) is 0 Å². The first-order valence-electron chi connectivity index (χ1n) is 8.98. The zero-order valence-corrected chi connectivity index (χ0v) is 16.8. The van der Waals surface area contributed by atoms with Crippen LogP contribution in [0.4, 0.5) is 0 Å². The Bertz CT molecular complexity index is 976. The molecule has 4 aromatic carbocycles. The molecule has 1 unspecified atom stereocenters. The lowest BCUT2D eigenvalue weighted by Crippen LogP contribution is -2.04. The number of benzene rings is 4. The molecule has 0 nitrogen and oxygen atoms in total. The van der Waals surface area contributed by atoms with Gasteiger partial charge in [-0.15, -0.1) is 0 Å². The topological polar surface area (TPSA) is 0 Å². The Balaban J connectivity index is 1.67. The molecule has 27 heavy (non-hydrogen) atoms. The summed E-state index contributed by atoms with van der Waals surface area (Å²) in [5.74, 6) is 0. The third kappa shape index (κ3) is 4.47. The molecule has 0 spiro atoms. The molecule has 0 aliphatic heterocycles. The minimum Gasteiger partial charge on any atom is -0.0901 e. The van der Waals surface area contributed by atoms with E-state index >= 15 is 0 Å². The van der Waals surface area contributed by atoms with E-state index in [1.54, 1.807) is 11.8 Å². The van der Waals surface area contributed by atoms with Gasteiger partial charge in [0.2, 0.25) is 0 Å². The molecule has 0 fully saturated rings. The van der Waals surface area contributed by atoms with Crippen LogP contribution in [0.1, 0.15) is 5.56 Å². The molecule has 1 atom stereocenters. The molecule has 0 saturated carbocycles. The van der Waals surface area contributed by atoms with Gasteiger partial charge in [-0.3, -0.25) is 0 Å². The molecule has 0 aliphatic carbocycles. The van der Waals surface area contributed by atoms with Crippen molar-refractivity contribution in [1.29, 1.82) is 0 Å². The smallest absolute Gasteiger partial charge is 0.0901 e. The van der Waals surface area contributed by atoms with Crippen molar-refractivity contribution in [3.05, 3.63) is 115 Å². The third-order valence-corrected chi connectivity index (χ3v) is 7.52. The summed E-state index contributed by atoms with van der Waals surface area (Å²) < 4.78 is 0. The van der Waals surface area contributed by atoms with E-state index in [4.69, 9.17) is 0 Å². The minimum atomic E-state index is -0.0869. The van der Waals surface area contributed by atoms with Gasteiger partial charge < -0.3 is 0 Å². The molecular formula is C25H21S2+. The Hall–Kier alpha value is -2.42. The molecule has 0 saturated heterocycles. The first kappa shape index (κ1) is 18.0. The van der Waals surface area contributed by atoms with E-state index in [-0.39, 0.29) is 10.9 Å². The Labute approximate surface area is 168 Å². The van der Waals surface area contributed by atoms with E-state index in [0.717, 1.165) is 0 Å². The first-order valence-corrected chi connectivity index (χ1v) is 11.0. The van der Waals surface area contributed by atoms with Crippen LogP contribution < -0.4 is 0 Å². The van der Waals surface area contributed by atoms with Crippen LogP contribution in [-0.4, -0.2) is 0 Å². The van der Waals surface area contributed by atoms with Gasteiger partial charge in [-0.2, -0.15) is 0 Å². The molecule has 0 N–H and O–H groups in total. The van der Waals surface area contributed by atoms with Crippen LogP contribution in [0.25, 0.3) is 0 Å². The van der Waals surface area contributed by atoms with Crippen LogP contribution in [0, 0.1) is 6.92 Å².